The molecule has 1 unspecified atom stereocenters. The average Bonchev–Trinajstić information content (AvgIpc) is 2.57. The first-order chi connectivity index (χ1) is 11.6. The molecule has 3 heteroatoms. The van der Waals surface area contributed by atoms with Gasteiger partial charge in [0.25, 0.3) is 0 Å². The molecule has 24 heavy (non-hydrogen) atoms. The van der Waals surface area contributed by atoms with E-state index in [0.29, 0.717) is 23.5 Å². The summed E-state index contributed by atoms with van der Waals surface area (Å²) in [6.45, 7) is 1.99. The second-order valence-electron chi connectivity index (χ2n) is 5.97. The summed E-state index contributed by atoms with van der Waals surface area (Å²) in [5.41, 5.74) is 2.37. The molecule has 1 aliphatic carbocycles. The van der Waals surface area contributed by atoms with E-state index in [0.717, 1.165) is 36.1 Å². The van der Waals surface area contributed by atoms with Gasteiger partial charge in [-0.2, -0.15) is 0 Å². The molecule has 0 saturated carbocycles. The van der Waals surface area contributed by atoms with Gasteiger partial charge < -0.3 is 0 Å². The summed E-state index contributed by atoms with van der Waals surface area (Å²) in [7, 11) is 0. The first-order valence-electron chi connectivity index (χ1n) is 7.98. The van der Waals surface area contributed by atoms with Crippen LogP contribution in [-0.4, -0.2) is 0 Å². The van der Waals surface area contributed by atoms with E-state index in [2.05, 4.69) is 17.9 Å². The van der Waals surface area contributed by atoms with Crippen LogP contribution in [0.15, 0.2) is 42.5 Å². The standard InChI is InChI=1S/C21H17F3/c1-2-3-14-5-10-18-17(12-14)9-8-16(21(18)24)7-4-15-6-11-19(22)20(23)13-15/h2-3,6,8-9,11,13-14H,5,10,12H2,1H3. The summed E-state index contributed by atoms with van der Waals surface area (Å²) in [5, 5.41) is 0. The molecule has 3 rings (SSSR count). The molecule has 0 radical (unpaired) electrons. The van der Waals surface area contributed by atoms with Crippen molar-refractivity contribution in [3.8, 4) is 11.8 Å². The molecule has 0 spiro atoms. The first kappa shape index (κ1) is 16.4. The lowest BCUT2D eigenvalue weighted by Gasteiger charge is -2.23. The topological polar surface area (TPSA) is 0 Å². The highest BCUT2D eigenvalue weighted by atomic mass is 19.2. The number of hydrogen-bond donors (Lipinski definition) is 0. The Morgan fingerprint density at radius 1 is 1.04 bits per heavy atom. The van der Waals surface area contributed by atoms with Gasteiger partial charge in [-0.15, -0.1) is 0 Å². The Balaban J connectivity index is 1.89. The zero-order valence-electron chi connectivity index (χ0n) is 13.4. The Morgan fingerprint density at radius 3 is 2.62 bits per heavy atom. The third kappa shape index (κ3) is 3.38. The predicted molar refractivity (Wildman–Crippen MR) is 89.1 cm³/mol. The van der Waals surface area contributed by atoms with Gasteiger partial charge in [0, 0.05) is 5.56 Å². The second kappa shape index (κ2) is 6.97. The summed E-state index contributed by atoms with van der Waals surface area (Å²) in [4.78, 5) is 0. The van der Waals surface area contributed by atoms with Crippen LogP contribution in [0.1, 0.15) is 35.6 Å². The fourth-order valence-corrected chi connectivity index (χ4v) is 3.08. The number of allylic oxidation sites excluding steroid dienone is 2. The van der Waals surface area contributed by atoms with Crippen molar-refractivity contribution < 1.29 is 13.2 Å². The summed E-state index contributed by atoms with van der Waals surface area (Å²) < 4.78 is 40.8. The van der Waals surface area contributed by atoms with Crippen LogP contribution < -0.4 is 0 Å². The minimum absolute atomic E-state index is 0.290. The number of hydrogen-bond acceptors (Lipinski definition) is 0. The molecule has 0 bridgehead atoms. The van der Waals surface area contributed by atoms with Gasteiger partial charge in [-0.05, 0) is 67.5 Å². The highest BCUT2D eigenvalue weighted by molar-refractivity contribution is 5.47. The molecule has 0 aliphatic heterocycles. The molecule has 1 atom stereocenters. The molecular formula is C21H17F3. The predicted octanol–water partition coefficient (Wildman–Crippen LogP) is 5.18. The minimum Gasteiger partial charge on any atom is -0.205 e. The quantitative estimate of drug-likeness (QED) is 0.500. The fraction of sp³-hybridized carbons (Fsp3) is 0.238. The van der Waals surface area contributed by atoms with E-state index in [4.69, 9.17) is 0 Å². The Labute approximate surface area is 140 Å². The first-order valence-corrected chi connectivity index (χ1v) is 7.98. The second-order valence-corrected chi connectivity index (χ2v) is 5.97. The molecule has 0 amide bonds. The molecule has 0 fully saturated rings. The van der Waals surface area contributed by atoms with E-state index in [9.17, 15) is 13.2 Å². The highest BCUT2D eigenvalue weighted by Crippen LogP contribution is 2.29. The lowest BCUT2D eigenvalue weighted by Crippen LogP contribution is -2.14. The van der Waals surface area contributed by atoms with E-state index < -0.39 is 11.6 Å². The van der Waals surface area contributed by atoms with E-state index in [-0.39, 0.29) is 5.82 Å². The van der Waals surface area contributed by atoms with E-state index in [1.54, 1.807) is 6.07 Å². The van der Waals surface area contributed by atoms with Gasteiger partial charge in [0.1, 0.15) is 5.82 Å². The van der Waals surface area contributed by atoms with Gasteiger partial charge >= 0.3 is 0 Å². The van der Waals surface area contributed by atoms with Gasteiger partial charge in [0.05, 0.1) is 5.56 Å². The van der Waals surface area contributed by atoms with Crippen molar-refractivity contribution >= 4 is 0 Å². The third-order valence-corrected chi connectivity index (χ3v) is 4.31. The van der Waals surface area contributed by atoms with Crippen LogP contribution in [0.4, 0.5) is 13.2 Å². The van der Waals surface area contributed by atoms with Crippen molar-refractivity contribution in [2.24, 2.45) is 5.92 Å². The molecule has 0 saturated heterocycles. The summed E-state index contributed by atoms with van der Waals surface area (Å²) >= 11 is 0. The summed E-state index contributed by atoms with van der Waals surface area (Å²) in [6.07, 6.45) is 6.66. The Hall–Kier alpha value is -2.47. The molecule has 1 aliphatic rings. The van der Waals surface area contributed by atoms with Crippen LogP contribution in [-0.2, 0) is 12.8 Å². The molecule has 122 valence electrons. The monoisotopic (exact) mass is 326 g/mol. The number of halogens is 3. The zero-order valence-corrected chi connectivity index (χ0v) is 13.4. The molecule has 0 aromatic heterocycles. The molecule has 0 heterocycles. The maximum Gasteiger partial charge on any atom is 0.160 e. The smallest absolute Gasteiger partial charge is 0.160 e. The van der Waals surface area contributed by atoms with Crippen molar-refractivity contribution in [2.75, 3.05) is 0 Å². The fourth-order valence-electron chi connectivity index (χ4n) is 3.08. The maximum atomic E-state index is 14.7. The molecule has 2 aromatic rings. The SMILES string of the molecule is CC=CC1CCc2c(ccc(C#Cc3ccc(F)c(F)c3)c2F)C1. The van der Waals surface area contributed by atoms with Crippen LogP contribution in [0.3, 0.4) is 0 Å². The summed E-state index contributed by atoms with van der Waals surface area (Å²) in [5.74, 6) is 3.73. The molecule has 2 aromatic carbocycles. The van der Waals surface area contributed by atoms with Crippen LogP contribution in [0.5, 0.6) is 0 Å². The van der Waals surface area contributed by atoms with Crippen molar-refractivity contribution in [3.05, 3.63) is 82.2 Å². The zero-order chi connectivity index (χ0) is 17.1. The van der Waals surface area contributed by atoms with Gasteiger partial charge in [0.15, 0.2) is 11.6 Å². The molecule has 0 nitrogen and oxygen atoms in total. The molecule has 0 N–H and O–H groups in total. The number of rotatable bonds is 1. The van der Waals surface area contributed by atoms with Crippen molar-refractivity contribution in [2.45, 2.75) is 26.2 Å². The van der Waals surface area contributed by atoms with Crippen molar-refractivity contribution in [1.82, 2.24) is 0 Å². The normalized spacial score (nSPS) is 16.6. The van der Waals surface area contributed by atoms with Gasteiger partial charge in [-0.25, -0.2) is 13.2 Å². The lowest BCUT2D eigenvalue weighted by atomic mass is 9.82. The molecular weight excluding hydrogens is 309 g/mol. The maximum absolute atomic E-state index is 14.7. The number of benzene rings is 2. The number of fused-ring (bicyclic) bond motifs is 1. The van der Waals surface area contributed by atoms with Gasteiger partial charge in [-0.1, -0.05) is 30.1 Å². The van der Waals surface area contributed by atoms with Crippen molar-refractivity contribution in [1.29, 1.82) is 0 Å². The average molecular weight is 326 g/mol. The van der Waals surface area contributed by atoms with Crippen LogP contribution in [0.25, 0.3) is 0 Å². The lowest BCUT2D eigenvalue weighted by molar-refractivity contribution is 0.508. The Bertz CT molecular complexity index is 853. The van der Waals surface area contributed by atoms with Gasteiger partial charge in [-0.3, -0.25) is 0 Å². The van der Waals surface area contributed by atoms with Crippen LogP contribution in [0, 0.1) is 35.2 Å². The van der Waals surface area contributed by atoms with Gasteiger partial charge in [0.2, 0.25) is 0 Å². The highest BCUT2D eigenvalue weighted by Gasteiger charge is 2.20. The van der Waals surface area contributed by atoms with E-state index in [1.165, 1.54) is 6.07 Å². The van der Waals surface area contributed by atoms with Crippen LogP contribution >= 0.6 is 0 Å². The van der Waals surface area contributed by atoms with Crippen molar-refractivity contribution in [3.63, 3.8) is 0 Å². The summed E-state index contributed by atoms with van der Waals surface area (Å²) in [6, 6.07) is 7.00. The third-order valence-electron chi connectivity index (χ3n) is 4.31. The van der Waals surface area contributed by atoms with E-state index >= 15 is 0 Å². The van der Waals surface area contributed by atoms with Crippen LogP contribution in [0.2, 0.25) is 0 Å². The largest absolute Gasteiger partial charge is 0.205 e. The Kier molecular flexibility index (Phi) is 4.76. The van der Waals surface area contributed by atoms with E-state index in [1.807, 2.05) is 19.1 Å². The minimum atomic E-state index is -0.956. The Morgan fingerprint density at radius 2 is 1.88 bits per heavy atom.